The molecule has 3 aromatic rings. The van der Waals surface area contributed by atoms with E-state index in [4.69, 9.17) is 16.2 Å². The lowest BCUT2D eigenvalue weighted by molar-refractivity contribution is -0.116. The van der Waals surface area contributed by atoms with Crippen molar-refractivity contribution in [1.82, 2.24) is 0 Å². The van der Waals surface area contributed by atoms with Gasteiger partial charge in [-0.1, -0.05) is 48.5 Å². The number of benzene rings is 3. The van der Waals surface area contributed by atoms with Crippen LogP contribution >= 0.6 is 0 Å². The van der Waals surface area contributed by atoms with Crippen molar-refractivity contribution < 1.29 is 19.1 Å². The number of primary amides is 2. The number of rotatable bonds is 8. The van der Waals surface area contributed by atoms with Gasteiger partial charge in [0.2, 0.25) is 17.7 Å². The average molecular weight is 403 g/mol. The minimum Gasteiger partial charge on any atom is -0.492 e. The second-order valence-electron chi connectivity index (χ2n) is 6.54. The van der Waals surface area contributed by atoms with Crippen molar-refractivity contribution in [3.63, 3.8) is 0 Å². The van der Waals surface area contributed by atoms with E-state index >= 15 is 0 Å². The molecule has 0 heterocycles. The van der Waals surface area contributed by atoms with E-state index in [0.29, 0.717) is 5.75 Å². The summed E-state index contributed by atoms with van der Waals surface area (Å²) in [5, 5.41) is 2.63. The highest BCUT2D eigenvalue weighted by molar-refractivity contribution is 6.01. The van der Waals surface area contributed by atoms with Crippen LogP contribution in [0, 0.1) is 0 Å². The van der Waals surface area contributed by atoms with Crippen LogP contribution in [0.5, 0.6) is 5.75 Å². The first kappa shape index (κ1) is 20.6. The highest BCUT2D eigenvalue weighted by Crippen LogP contribution is 2.29. The molecule has 0 unspecified atom stereocenters. The summed E-state index contributed by atoms with van der Waals surface area (Å²) in [7, 11) is 0. The maximum Gasteiger partial charge on any atom is 0.248 e. The van der Waals surface area contributed by atoms with Crippen molar-refractivity contribution >= 4 is 23.4 Å². The van der Waals surface area contributed by atoms with E-state index in [9.17, 15) is 14.4 Å². The van der Waals surface area contributed by atoms with Gasteiger partial charge < -0.3 is 21.5 Å². The number of hydrogen-bond donors (Lipinski definition) is 3. The van der Waals surface area contributed by atoms with E-state index in [2.05, 4.69) is 5.32 Å². The molecule has 3 amide bonds. The summed E-state index contributed by atoms with van der Waals surface area (Å²) in [5.74, 6) is -1.13. The van der Waals surface area contributed by atoms with Crippen LogP contribution in [-0.4, -0.2) is 24.3 Å². The minimum absolute atomic E-state index is 0.0653. The Hall–Kier alpha value is -4.13. The Morgan fingerprint density at radius 2 is 1.40 bits per heavy atom. The van der Waals surface area contributed by atoms with E-state index in [1.54, 1.807) is 0 Å². The topological polar surface area (TPSA) is 125 Å². The molecule has 0 radical (unpaired) electrons. The Morgan fingerprint density at radius 3 is 2.03 bits per heavy atom. The molecule has 0 saturated heterocycles. The van der Waals surface area contributed by atoms with Gasteiger partial charge in [0.1, 0.15) is 5.75 Å². The largest absolute Gasteiger partial charge is 0.492 e. The van der Waals surface area contributed by atoms with Gasteiger partial charge in [-0.15, -0.1) is 0 Å². The van der Waals surface area contributed by atoms with Crippen molar-refractivity contribution in [2.75, 3.05) is 11.9 Å². The first-order valence-corrected chi connectivity index (χ1v) is 9.26. The number of anilines is 1. The highest BCUT2D eigenvalue weighted by Gasteiger charge is 2.12. The molecule has 0 fully saturated rings. The lowest BCUT2D eigenvalue weighted by Gasteiger charge is -2.12. The zero-order valence-corrected chi connectivity index (χ0v) is 16.1. The summed E-state index contributed by atoms with van der Waals surface area (Å²) < 4.78 is 5.81. The molecule has 0 saturated carbocycles. The number of nitrogens with two attached hydrogens (primary N) is 2. The third-order valence-electron chi connectivity index (χ3n) is 4.34. The molecule has 7 nitrogen and oxygen atoms in total. The lowest BCUT2D eigenvalue weighted by atomic mass is 10.1. The fourth-order valence-corrected chi connectivity index (χ4v) is 2.91. The van der Waals surface area contributed by atoms with Crippen LogP contribution in [0.25, 0.3) is 11.1 Å². The first-order chi connectivity index (χ1) is 14.4. The molecule has 152 valence electrons. The van der Waals surface area contributed by atoms with Crippen LogP contribution in [0.2, 0.25) is 0 Å². The molecule has 0 bridgehead atoms. The normalized spacial score (nSPS) is 10.3. The van der Waals surface area contributed by atoms with Crippen LogP contribution in [0.4, 0.5) is 5.69 Å². The van der Waals surface area contributed by atoms with Crippen LogP contribution in [0.15, 0.2) is 72.8 Å². The van der Waals surface area contributed by atoms with Gasteiger partial charge in [0.15, 0.2) is 0 Å². The third kappa shape index (κ3) is 5.23. The Kier molecular flexibility index (Phi) is 6.44. The summed E-state index contributed by atoms with van der Waals surface area (Å²) >= 11 is 0. The zero-order valence-electron chi connectivity index (χ0n) is 16.1. The van der Waals surface area contributed by atoms with Gasteiger partial charge in [0.05, 0.1) is 13.0 Å². The molecule has 0 spiro atoms. The van der Waals surface area contributed by atoms with Gasteiger partial charge >= 0.3 is 0 Å². The van der Waals surface area contributed by atoms with Crippen molar-refractivity contribution in [3.8, 4) is 16.9 Å². The quantitative estimate of drug-likeness (QED) is 0.535. The van der Waals surface area contributed by atoms with Crippen molar-refractivity contribution in [3.05, 3.63) is 83.9 Å². The third-order valence-corrected chi connectivity index (χ3v) is 4.34. The summed E-state index contributed by atoms with van der Waals surface area (Å²) in [6.07, 6.45) is 0.0653. The van der Waals surface area contributed by atoms with Crippen LogP contribution in [0.3, 0.4) is 0 Å². The van der Waals surface area contributed by atoms with Gasteiger partial charge in [-0.05, 0) is 29.8 Å². The van der Waals surface area contributed by atoms with Crippen LogP contribution in [0.1, 0.15) is 27.1 Å². The van der Waals surface area contributed by atoms with Gasteiger partial charge in [-0.25, -0.2) is 0 Å². The molecule has 0 aliphatic rings. The van der Waals surface area contributed by atoms with E-state index in [-0.39, 0.29) is 35.7 Å². The predicted octanol–water partition coefficient (Wildman–Crippen LogP) is 2.96. The fourth-order valence-electron chi connectivity index (χ4n) is 2.91. The van der Waals surface area contributed by atoms with E-state index in [1.165, 1.54) is 18.2 Å². The van der Waals surface area contributed by atoms with Crippen molar-refractivity contribution in [2.45, 2.75) is 6.42 Å². The van der Waals surface area contributed by atoms with E-state index < -0.39 is 11.8 Å². The predicted molar refractivity (Wildman–Crippen MR) is 114 cm³/mol. The summed E-state index contributed by atoms with van der Waals surface area (Å²) in [5.41, 5.74) is 12.9. The molecule has 0 aliphatic carbocycles. The molecule has 0 atom stereocenters. The summed E-state index contributed by atoms with van der Waals surface area (Å²) in [6.45, 7) is 0.147. The highest BCUT2D eigenvalue weighted by atomic mass is 16.5. The standard InChI is InChI=1S/C23H21N3O4/c24-22(28)16-12-17(23(25)29)14-18(13-16)26-21(27)10-11-30-20-9-5-4-8-19(20)15-6-2-1-3-7-15/h1-9,12-14H,10-11H2,(H2,24,28)(H2,25,29)(H,26,27). The summed E-state index contributed by atoms with van der Waals surface area (Å²) in [6, 6.07) is 21.4. The Balaban J connectivity index is 1.64. The SMILES string of the molecule is NC(=O)c1cc(NC(=O)CCOc2ccccc2-c2ccccc2)cc(C(N)=O)c1. The van der Waals surface area contributed by atoms with Crippen LogP contribution < -0.4 is 21.5 Å². The first-order valence-electron chi connectivity index (χ1n) is 9.26. The molecular formula is C23H21N3O4. The van der Waals surface area contributed by atoms with E-state index in [1.807, 2.05) is 54.6 Å². The van der Waals surface area contributed by atoms with Gasteiger partial charge in [0.25, 0.3) is 0 Å². The fraction of sp³-hybridized carbons (Fsp3) is 0.0870. The summed E-state index contributed by atoms with van der Waals surface area (Å²) in [4.78, 5) is 35.2. The molecular weight excluding hydrogens is 382 g/mol. The van der Waals surface area contributed by atoms with Crippen molar-refractivity contribution in [2.24, 2.45) is 11.5 Å². The molecule has 7 heteroatoms. The Morgan fingerprint density at radius 1 is 0.800 bits per heavy atom. The molecule has 0 aliphatic heterocycles. The molecule has 30 heavy (non-hydrogen) atoms. The molecule has 3 rings (SSSR count). The second kappa shape index (κ2) is 9.38. The maximum absolute atomic E-state index is 12.3. The number of carbonyl (C=O) groups excluding carboxylic acids is 3. The molecule has 0 aromatic heterocycles. The smallest absolute Gasteiger partial charge is 0.248 e. The van der Waals surface area contributed by atoms with Gasteiger partial charge in [-0.3, -0.25) is 14.4 Å². The minimum atomic E-state index is -0.727. The molecule has 3 aromatic carbocycles. The maximum atomic E-state index is 12.3. The number of amides is 3. The van der Waals surface area contributed by atoms with Gasteiger partial charge in [0, 0.05) is 22.4 Å². The molecule has 5 N–H and O–H groups in total. The number of ether oxygens (including phenoxy) is 1. The number of para-hydroxylation sites is 1. The monoisotopic (exact) mass is 403 g/mol. The van der Waals surface area contributed by atoms with Crippen molar-refractivity contribution in [1.29, 1.82) is 0 Å². The zero-order chi connectivity index (χ0) is 21.5. The average Bonchev–Trinajstić information content (AvgIpc) is 2.74. The number of carbonyl (C=O) groups is 3. The lowest BCUT2D eigenvalue weighted by Crippen LogP contribution is -2.19. The number of hydrogen-bond acceptors (Lipinski definition) is 4. The van der Waals surface area contributed by atoms with Crippen LogP contribution in [-0.2, 0) is 4.79 Å². The van der Waals surface area contributed by atoms with E-state index in [0.717, 1.165) is 11.1 Å². The second-order valence-corrected chi connectivity index (χ2v) is 6.54. The Labute approximate surface area is 173 Å². The van der Waals surface area contributed by atoms with Gasteiger partial charge in [-0.2, -0.15) is 0 Å². The Bertz CT molecular complexity index is 1050. The number of nitrogens with one attached hydrogen (secondary N) is 1.